The molecule has 0 bridgehead atoms. The number of nitrogens with two attached hydrogens (primary N) is 1. The molecule has 1 aromatic rings. The molecular weight excluding hydrogens is 242 g/mol. The number of aromatic nitrogens is 3. The lowest BCUT2D eigenvalue weighted by molar-refractivity contribution is 0.477. The molecule has 0 aliphatic carbocycles. The van der Waals surface area contributed by atoms with Gasteiger partial charge >= 0.3 is 0 Å². The van der Waals surface area contributed by atoms with Crippen molar-refractivity contribution in [3.63, 3.8) is 0 Å². The number of nitrogens with zero attached hydrogens (tertiary/aromatic N) is 4. The molecule has 0 atom stereocenters. The summed E-state index contributed by atoms with van der Waals surface area (Å²) in [5, 5.41) is 6.68. The summed E-state index contributed by atoms with van der Waals surface area (Å²) in [6, 6.07) is 0.410. The van der Waals surface area contributed by atoms with Crippen molar-refractivity contribution in [2.75, 3.05) is 42.6 Å². The van der Waals surface area contributed by atoms with Crippen LogP contribution in [-0.4, -0.2) is 47.7 Å². The molecule has 19 heavy (non-hydrogen) atoms. The molecule has 1 aromatic heterocycles. The summed E-state index contributed by atoms with van der Waals surface area (Å²) in [5.41, 5.74) is 5.76. The first-order chi connectivity index (χ1) is 9.19. The second kappa shape index (κ2) is 6.51. The average Bonchev–Trinajstić information content (AvgIpc) is 2.39. The predicted octanol–water partition coefficient (Wildman–Crippen LogP) is 0.464. The lowest BCUT2D eigenvalue weighted by Gasteiger charge is -2.24. The van der Waals surface area contributed by atoms with Crippen molar-refractivity contribution in [1.29, 1.82) is 0 Å². The molecule has 0 amide bonds. The quantitative estimate of drug-likeness (QED) is 0.712. The van der Waals surface area contributed by atoms with Crippen molar-refractivity contribution in [2.24, 2.45) is 0 Å². The Morgan fingerprint density at radius 1 is 1.32 bits per heavy atom. The van der Waals surface area contributed by atoms with E-state index in [1.807, 2.05) is 11.9 Å². The maximum absolute atomic E-state index is 5.76. The van der Waals surface area contributed by atoms with Crippen LogP contribution in [-0.2, 0) is 0 Å². The Morgan fingerprint density at radius 2 is 2.05 bits per heavy atom. The zero-order valence-electron chi connectivity index (χ0n) is 11.7. The first-order valence-electron chi connectivity index (χ1n) is 6.89. The topological polar surface area (TPSA) is 92.0 Å². The lowest BCUT2D eigenvalue weighted by atomic mass is 10.1. The molecular formula is C12H23N7. The van der Waals surface area contributed by atoms with Gasteiger partial charge < -0.3 is 21.3 Å². The molecule has 0 aromatic carbocycles. The van der Waals surface area contributed by atoms with Gasteiger partial charge in [-0.2, -0.15) is 15.0 Å². The van der Waals surface area contributed by atoms with Crippen LogP contribution in [0.4, 0.5) is 17.8 Å². The summed E-state index contributed by atoms with van der Waals surface area (Å²) < 4.78 is 0. The Hall–Kier alpha value is -1.63. The van der Waals surface area contributed by atoms with Gasteiger partial charge in [0.1, 0.15) is 0 Å². The van der Waals surface area contributed by atoms with Crippen LogP contribution in [0.3, 0.4) is 0 Å². The van der Waals surface area contributed by atoms with Crippen molar-refractivity contribution < 1.29 is 0 Å². The van der Waals surface area contributed by atoms with Crippen LogP contribution in [0.25, 0.3) is 0 Å². The summed E-state index contributed by atoms with van der Waals surface area (Å²) in [5.74, 6) is 1.48. The zero-order chi connectivity index (χ0) is 13.7. The number of rotatable bonds is 5. The van der Waals surface area contributed by atoms with Crippen molar-refractivity contribution in [1.82, 2.24) is 20.3 Å². The maximum atomic E-state index is 5.76. The molecule has 0 spiro atoms. The van der Waals surface area contributed by atoms with E-state index in [9.17, 15) is 0 Å². The highest BCUT2D eigenvalue weighted by Gasteiger charge is 2.15. The first-order valence-corrected chi connectivity index (χ1v) is 6.89. The van der Waals surface area contributed by atoms with Gasteiger partial charge in [-0.15, -0.1) is 0 Å². The fraction of sp³-hybridized carbons (Fsp3) is 0.750. The van der Waals surface area contributed by atoms with Crippen molar-refractivity contribution in [3.8, 4) is 0 Å². The van der Waals surface area contributed by atoms with E-state index in [-0.39, 0.29) is 5.95 Å². The van der Waals surface area contributed by atoms with Crippen molar-refractivity contribution >= 4 is 17.8 Å². The normalized spacial score (nSPS) is 16.3. The van der Waals surface area contributed by atoms with Gasteiger partial charge in [0.15, 0.2) is 0 Å². The third kappa shape index (κ3) is 3.92. The Bertz CT molecular complexity index is 403. The van der Waals surface area contributed by atoms with E-state index in [0.717, 1.165) is 38.9 Å². The zero-order valence-corrected chi connectivity index (χ0v) is 11.7. The SMILES string of the molecule is CCCN(C)c1nc(N)nc(NC2CCNCC2)n1. The second-order valence-electron chi connectivity index (χ2n) is 4.91. The van der Waals surface area contributed by atoms with E-state index < -0.39 is 0 Å². The van der Waals surface area contributed by atoms with Crippen LogP contribution in [0.15, 0.2) is 0 Å². The van der Waals surface area contributed by atoms with Crippen molar-refractivity contribution in [2.45, 2.75) is 32.2 Å². The number of piperidine rings is 1. The highest BCUT2D eigenvalue weighted by molar-refractivity contribution is 5.41. The van der Waals surface area contributed by atoms with E-state index in [0.29, 0.717) is 17.9 Å². The summed E-state index contributed by atoms with van der Waals surface area (Å²) in [6.07, 6.45) is 3.19. The van der Waals surface area contributed by atoms with Gasteiger partial charge in [-0.1, -0.05) is 6.92 Å². The van der Waals surface area contributed by atoms with Crippen LogP contribution in [0.5, 0.6) is 0 Å². The monoisotopic (exact) mass is 265 g/mol. The average molecular weight is 265 g/mol. The molecule has 1 aliphatic rings. The van der Waals surface area contributed by atoms with Gasteiger partial charge in [0, 0.05) is 19.6 Å². The number of hydrogen-bond donors (Lipinski definition) is 3. The second-order valence-corrected chi connectivity index (χ2v) is 4.91. The summed E-state index contributed by atoms with van der Waals surface area (Å²) in [7, 11) is 1.96. The number of anilines is 3. The Kier molecular flexibility index (Phi) is 4.73. The largest absolute Gasteiger partial charge is 0.368 e. The smallest absolute Gasteiger partial charge is 0.231 e. The van der Waals surface area contributed by atoms with Gasteiger partial charge in [0.05, 0.1) is 0 Å². The van der Waals surface area contributed by atoms with Gasteiger partial charge in [-0.25, -0.2) is 0 Å². The van der Waals surface area contributed by atoms with Crippen LogP contribution in [0, 0.1) is 0 Å². The van der Waals surface area contributed by atoms with E-state index in [2.05, 4.69) is 32.5 Å². The molecule has 0 unspecified atom stereocenters. The Balaban J connectivity index is 2.07. The number of nitrogen functional groups attached to an aromatic ring is 1. The predicted molar refractivity (Wildman–Crippen MR) is 77.3 cm³/mol. The van der Waals surface area contributed by atoms with E-state index >= 15 is 0 Å². The van der Waals surface area contributed by atoms with Gasteiger partial charge in [-0.05, 0) is 32.4 Å². The molecule has 106 valence electrons. The Morgan fingerprint density at radius 3 is 2.74 bits per heavy atom. The molecule has 4 N–H and O–H groups in total. The molecule has 7 nitrogen and oxygen atoms in total. The fourth-order valence-electron chi connectivity index (χ4n) is 2.20. The standard InChI is InChI=1S/C12H23N7/c1-3-8-19(2)12-17-10(13)16-11(18-12)15-9-4-6-14-7-5-9/h9,14H,3-8H2,1-2H3,(H3,13,15,16,17,18). The molecule has 1 fully saturated rings. The minimum atomic E-state index is 0.268. The summed E-state index contributed by atoms with van der Waals surface area (Å²) in [4.78, 5) is 14.8. The van der Waals surface area contributed by atoms with Gasteiger partial charge in [-0.3, -0.25) is 0 Å². The highest BCUT2D eigenvalue weighted by Crippen LogP contribution is 2.14. The van der Waals surface area contributed by atoms with Gasteiger partial charge in [0.25, 0.3) is 0 Å². The summed E-state index contributed by atoms with van der Waals surface area (Å²) >= 11 is 0. The lowest BCUT2D eigenvalue weighted by Crippen LogP contribution is -2.36. The minimum Gasteiger partial charge on any atom is -0.368 e. The molecule has 1 saturated heterocycles. The molecule has 0 saturated carbocycles. The van der Waals surface area contributed by atoms with E-state index in [1.165, 1.54) is 0 Å². The third-order valence-corrected chi connectivity index (χ3v) is 3.21. The van der Waals surface area contributed by atoms with E-state index in [1.54, 1.807) is 0 Å². The summed E-state index contributed by atoms with van der Waals surface area (Å²) in [6.45, 7) is 5.08. The highest BCUT2D eigenvalue weighted by atomic mass is 15.3. The Labute approximate surface area is 114 Å². The third-order valence-electron chi connectivity index (χ3n) is 3.21. The molecule has 2 rings (SSSR count). The van der Waals surface area contributed by atoms with Crippen LogP contribution >= 0.6 is 0 Å². The van der Waals surface area contributed by atoms with Crippen LogP contribution in [0.2, 0.25) is 0 Å². The number of nitrogens with one attached hydrogen (secondary N) is 2. The molecule has 0 radical (unpaired) electrons. The van der Waals surface area contributed by atoms with Crippen LogP contribution < -0.4 is 21.3 Å². The maximum Gasteiger partial charge on any atom is 0.231 e. The van der Waals surface area contributed by atoms with Crippen LogP contribution in [0.1, 0.15) is 26.2 Å². The molecule has 2 heterocycles. The molecule has 7 heteroatoms. The minimum absolute atomic E-state index is 0.268. The first kappa shape index (κ1) is 13.8. The fourth-order valence-corrected chi connectivity index (χ4v) is 2.20. The van der Waals surface area contributed by atoms with Gasteiger partial charge in [0.2, 0.25) is 17.8 Å². The molecule has 1 aliphatic heterocycles. The van der Waals surface area contributed by atoms with E-state index in [4.69, 9.17) is 5.73 Å². The van der Waals surface area contributed by atoms with Crippen molar-refractivity contribution in [3.05, 3.63) is 0 Å². The number of hydrogen-bond acceptors (Lipinski definition) is 7.